The fourth-order valence-corrected chi connectivity index (χ4v) is 3.05. The number of benzene rings is 1. The van der Waals surface area contributed by atoms with Gasteiger partial charge in [-0.25, -0.2) is 0 Å². The molecule has 3 nitrogen and oxygen atoms in total. The second kappa shape index (κ2) is 6.71. The molecule has 2 unspecified atom stereocenters. The second-order valence-corrected chi connectivity index (χ2v) is 5.51. The van der Waals surface area contributed by atoms with Crippen LogP contribution in [-0.4, -0.2) is 30.4 Å². The van der Waals surface area contributed by atoms with Gasteiger partial charge in [0.2, 0.25) is 5.91 Å². The molecule has 0 spiro atoms. The maximum atomic E-state index is 12.4. The van der Waals surface area contributed by atoms with Crippen LogP contribution in [0.4, 0.5) is 0 Å². The minimum absolute atomic E-state index is 0.205. The van der Waals surface area contributed by atoms with Crippen LogP contribution < -0.4 is 5.73 Å². The standard InChI is InChI=1S/C16H24N2O/c1-18(15-10-6-5-9-14(15)12-17)16(19)11-13-7-3-2-4-8-13/h2-4,7-8,14-15H,5-6,9-12,17H2,1H3. The van der Waals surface area contributed by atoms with Crippen molar-refractivity contribution >= 4 is 5.91 Å². The molecule has 3 heteroatoms. The first kappa shape index (κ1) is 14.1. The lowest BCUT2D eigenvalue weighted by Crippen LogP contribution is -2.46. The van der Waals surface area contributed by atoms with Crippen LogP contribution in [-0.2, 0) is 11.2 Å². The van der Waals surface area contributed by atoms with E-state index >= 15 is 0 Å². The predicted octanol–water partition coefficient (Wildman–Crippen LogP) is 2.21. The van der Waals surface area contributed by atoms with Gasteiger partial charge >= 0.3 is 0 Å². The van der Waals surface area contributed by atoms with Gasteiger partial charge in [-0.15, -0.1) is 0 Å². The zero-order valence-electron chi connectivity index (χ0n) is 11.7. The molecule has 0 heterocycles. The monoisotopic (exact) mass is 260 g/mol. The molecule has 1 fully saturated rings. The minimum atomic E-state index is 0.205. The number of nitrogens with two attached hydrogens (primary N) is 1. The van der Waals surface area contributed by atoms with Crippen LogP contribution in [0.5, 0.6) is 0 Å². The summed E-state index contributed by atoms with van der Waals surface area (Å²) < 4.78 is 0. The van der Waals surface area contributed by atoms with Crippen molar-refractivity contribution in [2.24, 2.45) is 11.7 Å². The van der Waals surface area contributed by atoms with Crippen LogP contribution in [0.15, 0.2) is 30.3 Å². The van der Waals surface area contributed by atoms with E-state index in [0.717, 1.165) is 18.4 Å². The van der Waals surface area contributed by atoms with Gasteiger partial charge in [0, 0.05) is 13.1 Å². The lowest BCUT2D eigenvalue weighted by molar-refractivity contribution is -0.132. The highest BCUT2D eigenvalue weighted by Crippen LogP contribution is 2.27. The molecule has 2 rings (SSSR count). The summed E-state index contributed by atoms with van der Waals surface area (Å²) in [4.78, 5) is 14.3. The number of nitrogens with zero attached hydrogens (tertiary/aromatic N) is 1. The highest BCUT2D eigenvalue weighted by atomic mass is 16.2. The van der Waals surface area contributed by atoms with E-state index in [1.807, 2.05) is 42.3 Å². The fraction of sp³-hybridized carbons (Fsp3) is 0.562. The molecule has 2 N–H and O–H groups in total. The van der Waals surface area contributed by atoms with Crippen LogP contribution in [0, 0.1) is 5.92 Å². The van der Waals surface area contributed by atoms with Crippen LogP contribution in [0.25, 0.3) is 0 Å². The number of rotatable bonds is 4. The van der Waals surface area contributed by atoms with Gasteiger partial charge in [-0.3, -0.25) is 4.79 Å². The van der Waals surface area contributed by atoms with Crippen LogP contribution >= 0.6 is 0 Å². The topological polar surface area (TPSA) is 46.3 Å². The normalized spacial score (nSPS) is 23.1. The van der Waals surface area contributed by atoms with Gasteiger partial charge in [0.15, 0.2) is 0 Å². The molecule has 0 saturated heterocycles. The molecular weight excluding hydrogens is 236 g/mol. The number of carbonyl (C=O) groups is 1. The Morgan fingerprint density at radius 2 is 1.95 bits per heavy atom. The third-order valence-corrected chi connectivity index (χ3v) is 4.26. The predicted molar refractivity (Wildman–Crippen MR) is 77.7 cm³/mol. The number of likely N-dealkylation sites (N-methyl/N-ethyl adjacent to an activating group) is 1. The first-order valence-electron chi connectivity index (χ1n) is 7.22. The van der Waals surface area contributed by atoms with E-state index in [1.54, 1.807) is 0 Å². The zero-order chi connectivity index (χ0) is 13.7. The second-order valence-electron chi connectivity index (χ2n) is 5.51. The number of hydrogen-bond donors (Lipinski definition) is 1. The Hall–Kier alpha value is -1.35. The van der Waals surface area contributed by atoms with E-state index in [0.29, 0.717) is 24.9 Å². The third-order valence-electron chi connectivity index (χ3n) is 4.26. The molecule has 104 valence electrons. The summed E-state index contributed by atoms with van der Waals surface area (Å²) >= 11 is 0. The maximum Gasteiger partial charge on any atom is 0.226 e. The largest absolute Gasteiger partial charge is 0.342 e. The van der Waals surface area contributed by atoms with Gasteiger partial charge in [-0.05, 0) is 30.9 Å². The number of amides is 1. The third kappa shape index (κ3) is 3.57. The number of hydrogen-bond acceptors (Lipinski definition) is 2. The summed E-state index contributed by atoms with van der Waals surface area (Å²) in [6.07, 6.45) is 5.21. The highest BCUT2D eigenvalue weighted by molar-refractivity contribution is 5.78. The fourth-order valence-electron chi connectivity index (χ4n) is 3.05. The van der Waals surface area contributed by atoms with E-state index in [1.165, 1.54) is 12.8 Å². The van der Waals surface area contributed by atoms with Crippen LogP contribution in [0.3, 0.4) is 0 Å². The average Bonchev–Trinajstić information content (AvgIpc) is 2.47. The smallest absolute Gasteiger partial charge is 0.226 e. The van der Waals surface area contributed by atoms with Crippen molar-refractivity contribution in [2.75, 3.05) is 13.6 Å². The van der Waals surface area contributed by atoms with Crippen LogP contribution in [0.1, 0.15) is 31.2 Å². The average molecular weight is 260 g/mol. The van der Waals surface area contributed by atoms with E-state index in [-0.39, 0.29) is 5.91 Å². The summed E-state index contributed by atoms with van der Waals surface area (Å²) in [6.45, 7) is 0.688. The van der Waals surface area contributed by atoms with Crippen molar-refractivity contribution in [3.8, 4) is 0 Å². The molecular formula is C16H24N2O. The minimum Gasteiger partial charge on any atom is -0.342 e. The summed E-state index contributed by atoms with van der Waals surface area (Å²) in [6, 6.07) is 10.3. The van der Waals surface area contributed by atoms with Gasteiger partial charge in [-0.2, -0.15) is 0 Å². The summed E-state index contributed by atoms with van der Waals surface area (Å²) in [7, 11) is 1.93. The summed E-state index contributed by atoms with van der Waals surface area (Å²) in [5, 5.41) is 0. The Morgan fingerprint density at radius 3 is 2.63 bits per heavy atom. The van der Waals surface area contributed by atoms with Crippen molar-refractivity contribution < 1.29 is 4.79 Å². The molecule has 1 amide bonds. The Kier molecular flexibility index (Phi) is 4.97. The molecule has 19 heavy (non-hydrogen) atoms. The van der Waals surface area contributed by atoms with E-state index in [4.69, 9.17) is 5.73 Å². The Balaban J connectivity index is 1.98. The molecule has 1 aromatic carbocycles. The Labute approximate surface area is 115 Å². The van der Waals surface area contributed by atoms with Crippen molar-refractivity contribution in [2.45, 2.75) is 38.1 Å². The molecule has 0 aromatic heterocycles. The van der Waals surface area contributed by atoms with E-state index in [2.05, 4.69) is 0 Å². The maximum absolute atomic E-state index is 12.4. The van der Waals surface area contributed by atoms with Crippen molar-refractivity contribution in [3.63, 3.8) is 0 Å². The molecule has 0 radical (unpaired) electrons. The van der Waals surface area contributed by atoms with Gasteiger partial charge < -0.3 is 10.6 Å². The Bertz CT molecular complexity index is 404. The van der Waals surface area contributed by atoms with Crippen molar-refractivity contribution in [1.82, 2.24) is 4.90 Å². The molecule has 1 saturated carbocycles. The Morgan fingerprint density at radius 1 is 1.26 bits per heavy atom. The van der Waals surface area contributed by atoms with Gasteiger partial charge in [0.25, 0.3) is 0 Å². The van der Waals surface area contributed by atoms with Crippen LogP contribution in [0.2, 0.25) is 0 Å². The number of carbonyl (C=O) groups excluding carboxylic acids is 1. The first-order valence-corrected chi connectivity index (χ1v) is 7.22. The van der Waals surface area contributed by atoms with Crippen molar-refractivity contribution in [1.29, 1.82) is 0 Å². The molecule has 0 bridgehead atoms. The lowest BCUT2D eigenvalue weighted by atomic mass is 9.83. The molecule has 1 aromatic rings. The lowest BCUT2D eigenvalue weighted by Gasteiger charge is -2.37. The van der Waals surface area contributed by atoms with E-state index < -0.39 is 0 Å². The molecule has 0 aliphatic heterocycles. The van der Waals surface area contributed by atoms with Gasteiger partial charge in [0.05, 0.1) is 6.42 Å². The zero-order valence-corrected chi connectivity index (χ0v) is 11.7. The van der Waals surface area contributed by atoms with Crippen molar-refractivity contribution in [3.05, 3.63) is 35.9 Å². The van der Waals surface area contributed by atoms with Gasteiger partial charge in [0.1, 0.15) is 0 Å². The summed E-state index contributed by atoms with van der Waals surface area (Å²) in [5.74, 6) is 0.676. The SMILES string of the molecule is CN(C(=O)Cc1ccccc1)C1CCCCC1CN. The van der Waals surface area contributed by atoms with E-state index in [9.17, 15) is 4.79 Å². The molecule has 1 aliphatic carbocycles. The molecule has 2 atom stereocenters. The first-order chi connectivity index (χ1) is 9.22. The van der Waals surface area contributed by atoms with Gasteiger partial charge in [-0.1, -0.05) is 43.2 Å². The quantitative estimate of drug-likeness (QED) is 0.902. The summed E-state index contributed by atoms with van der Waals surface area (Å²) in [5.41, 5.74) is 6.93. The molecule has 1 aliphatic rings. The highest BCUT2D eigenvalue weighted by Gasteiger charge is 2.29.